The smallest absolute Gasteiger partial charge is 0.0306 e. The number of nitrogens with zero attached hydrogens (tertiary/aromatic N) is 1. The van der Waals surface area contributed by atoms with Crippen LogP contribution in [0.15, 0.2) is 12.7 Å². The molecule has 1 saturated heterocycles. The number of likely N-dealkylation sites (tertiary alicyclic amines) is 1. The van der Waals surface area contributed by atoms with Crippen molar-refractivity contribution < 1.29 is 0 Å². The van der Waals surface area contributed by atoms with E-state index in [4.69, 9.17) is 0 Å². The highest BCUT2D eigenvalue weighted by Gasteiger charge is 2.35. The van der Waals surface area contributed by atoms with E-state index >= 15 is 0 Å². The lowest BCUT2D eigenvalue weighted by Crippen LogP contribution is -2.56. The summed E-state index contributed by atoms with van der Waals surface area (Å²) in [5.41, 5.74) is 0.295. The molecule has 106 valence electrons. The molecule has 1 atom stereocenters. The van der Waals surface area contributed by atoms with E-state index in [0.29, 0.717) is 11.6 Å². The maximum Gasteiger partial charge on any atom is 0.0306 e. The minimum atomic E-state index is 0.295. The maximum absolute atomic E-state index is 3.78. The van der Waals surface area contributed by atoms with E-state index in [9.17, 15) is 0 Å². The zero-order chi connectivity index (χ0) is 13.4. The lowest BCUT2D eigenvalue weighted by molar-refractivity contribution is 0.105. The highest BCUT2D eigenvalue weighted by molar-refractivity contribution is 4.94. The number of unbranched alkanes of at least 4 members (excludes halogenated alkanes) is 3. The van der Waals surface area contributed by atoms with Gasteiger partial charge in [0.1, 0.15) is 0 Å². The van der Waals surface area contributed by atoms with Crippen LogP contribution in [0.5, 0.6) is 0 Å². The third kappa shape index (κ3) is 4.40. The summed E-state index contributed by atoms with van der Waals surface area (Å²) in [6.45, 7) is 11.2. The minimum absolute atomic E-state index is 0.295. The molecule has 0 aromatic rings. The molecule has 0 aliphatic carbocycles. The first-order chi connectivity index (χ1) is 8.62. The molecular weight excluding hydrogens is 220 g/mol. The number of likely N-dealkylation sites (N-methyl/N-ethyl adjacent to an activating group) is 1. The number of allylic oxidation sites excluding steroid dienone is 1. The molecule has 18 heavy (non-hydrogen) atoms. The Morgan fingerprint density at radius 1 is 1.22 bits per heavy atom. The van der Waals surface area contributed by atoms with Crippen molar-refractivity contribution in [3.8, 4) is 0 Å². The molecule has 1 N–H and O–H groups in total. The van der Waals surface area contributed by atoms with Gasteiger partial charge < -0.3 is 5.32 Å². The first-order valence-electron chi connectivity index (χ1n) is 7.66. The molecule has 0 saturated carbocycles. The van der Waals surface area contributed by atoms with Crippen molar-refractivity contribution in [1.82, 2.24) is 10.2 Å². The molecule has 0 spiro atoms. The number of hydrogen-bond acceptors (Lipinski definition) is 2. The first-order valence-corrected chi connectivity index (χ1v) is 7.66. The average Bonchev–Trinajstić information content (AvgIpc) is 2.88. The van der Waals surface area contributed by atoms with E-state index < -0.39 is 0 Å². The SMILES string of the molecule is C=CCCCCCC(NC)C(C)(C)N1CCCC1. The third-order valence-electron chi connectivity index (χ3n) is 4.52. The maximum atomic E-state index is 3.78. The highest BCUT2D eigenvalue weighted by Crippen LogP contribution is 2.26. The van der Waals surface area contributed by atoms with Gasteiger partial charge >= 0.3 is 0 Å². The monoisotopic (exact) mass is 252 g/mol. The summed E-state index contributed by atoms with van der Waals surface area (Å²) in [6.07, 6.45) is 11.2. The Hall–Kier alpha value is -0.340. The van der Waals surface area contributed by atoms with Gasteiger partial charge in [-0.05, 0) is 66.1 Å². The number of nitrogens with one attached hydrogen (secondary N) is 1. The van der Waals surface area contributed by atoms with E-state index in [0.717, 1.165) is 0 Å². The molecule has 0 aromatic heterocycles. The van der Waals surface area contributed by atoms with Crippen molar-refractivity contribution in [3.63, 3.8) is 0 Å². The topological polar surface area (TPSA) is 15.3 Å². The second-order valence-corrected chi connectivity index (χ2v) is 6.12. The Labute approximate surface area is 114 Å². The van der Waals surface area contributed by atoms with Crippen molar-refractivity contribution in [2.45, 2.75) is 70.4 Å². The fourth-order valence-corrected chi connectivity index (χ4v) is 3.18. The van der Waals surface area contributed by atoms with Crippen LogP contribution in [0.3, 0.4) is 0 Å². The molecule has 0 radical (unpaired) electrons. The van der Waals surface area contributed by atoms with Gasteiger partial charge in [-0.15, -0.1) is 6.58 Å². The fraction of sp³-hybridized carbons (Fsp3) is 0.875. The van der Waals surface area contributed by atoms with E-state index in [1.54, 1.807) is 0 Å². The van der Waals surface area contributed by atoms with Crippen molar-refractivity contribution in [2.75, 3.05) is 20.1 Å². The van der Waals surface area contributed by atoms with E-state index in [2.05, 4.69) is 37.7 Å². The summed E-state index contributed by atoms with van der Waals surface area (Å²) in [6, 6.07) is 0.610. The van der Waals surface area contributed by atoms with Gasteiger partial charge in [0.15, 0.2) is 0 Å². The molecule has 2 heteroatoms. The van der Waals surface area contributed by atoms with Crippen LogP contribution in [0.4, 0.5) is 0 Å². The first kappa shape index (κ1) is 15.7. The van der Waals surface area contributed by atoms with Gasteiger partial charge in [0.2, 0.25) is 0 Å². The van der Waals surface area contributed by atoms with Crippen LogP contribution in [0.1, 0.15) is 58.8 Å². The second-order valence-electron chi connectivity index (χ2n) is 6.12. The molecule has 0 bridgehead atoms. The van der Waals surface area contributed by atoms with E-state index in [1.165, 1.54) is 58.0 Å². The summed E-state index contributed by atoms with van der Waals surface area (Å²) in [7, 11) is 2.12. The normalized spacial score (nSPS) is 19.1. The van der Waals surface area contributed by atoms with E-state index in [1.807, 2.05) is 6.08 Å². The van der Waals surface area contributed by atoms with Crippen molar-refractivity contribution >= 4 is 0 Å². The van der Waals surface area contributed by atoms with Crippen LogP contribution >= 0.6 is 0 Å². The van der Waals surface area contributed by atoms with Gasteiger partial charge in [-0.3, -0.25) is 4.90 Å². The molecule has 1 heterocycles. The second kappa shape index (κ2) is 7.96. The quantitative estimate of drug-likeness (QED) is 0.498. The standard InChI is InChI=1S/C16H32N2/c1-5-6-7-8-9-12-15(17-4)16(2,3)18-13-10-11-14-18/h5,15,17H,1,6-14H2,2-4H3. The summed E-state index contributed by atoms with van der Waals surface area (Å²) < 4.78 is 0. The van der Waals surface area contributed by atoms with Gasteiger partial charge in [-0.1, -0.05) is 18.9 Å². The molecular formula is C16H32N2. The van der Waals surface area contributed by atoms with Crippen LogP contribution in [0.25, 0.3) is 0 Å². The highest BCUT2D eigenvalue weighted by atomic mass is 15.2. The zero-order valence-electron chi connectivity index (χ0n) is 12.7. The molecule has 1 unspecified atom stereocenters. The minimum Gasteiger partial charge on any atom is -0.315 e. The van der Waals surface area contributed by atoms with Crippen molar-refractivity contribution in [3.05, 3.63) is 12.7 Å². The largest absolute Gasteiger partial charge is 0.315 e. The Bertz CT molecular complexity index is 229. The van der Waals surface area contributed by atoms with Crippen LogP contribution in [0, 0.1) is 0 Å². The predicted molar refractivity (Wildman–Crippen MR) is 81.0 cm³/mol. The summed E-state index contributed by atoms with van der Waals surface area (Å²) >= 11 is 0. The van der Waals surface area contributed by atoms with Crippen LogP contribution < -0.4 is 5.32 Å². The van der Waals surface area contributed by atoms with Crippen LogP contribution in [-0.2, 0) is 0 Å². The Morgan fingerprint density at radius 2 is 1.89 bits per heavy atom. The van der Waals surface area contributed by atoms with Crippen molar-refractivity contribution in [1.29, 1.82) is 0 Å². The Morgan fingerprint density at radius 3 is 2.44 bits per heavy atom. The van der Waals surface area contributed by atoms with Crippen LogP contribution in [-0.4, -0.2) is 36.6 Å². The van der Waals surface area contributed by atoms with Gasteiger partial charge in [0.05, 0.1) is 0 Å². The van der Waals surface area contributed by atoms with Crippen LogP contribution in [0.2, 0.25) is 0 Å². The van der Waals surface area contributed by atoms with E-state index in [-0.39, 0.29) is 0 Å². The summed E-state index contributed by atoms with van der Waals surface area (Å²) in [5.74, 6) is 0. The molecule has 1 rings (SSSR count). The lowest BCUT2D eigenvalue weighted by Gasteiger charge is -2.42. The zero-order valence-corrected chi connectivity index (χ0v) is 12.7. The predicted octanol–water partition coefficient (Wildman–Crippen LogP) is 3.59. The fourth-order valence-electron chi connectivity index (χ4n) is 3.18. The van der Waals surface area contributed by atoms with Gasteiger partial charge in [0.25, 0.3) is 0 Å². The summed E-state index contributed by atoms with van der Waals surface area (Å²) in [4.78, 5) is 2.66. The molecule has 0 amide bonds. The lowest BCUT2D eigenvalue weighted by atomic mass is 9.88. The Kier molecular flexibility index (Phi) is 6.95. The number of rotatable bonds is 9. The van der Waals surface area contributed by atoms with Gasteiger partial charge in [-0.2, -0.15) is 0 Å². The van der Waals surface area contributed by atoms with Gasteiger partial charge in [-0.25, -0.2) is 0 Å². The molecule has 1 aliphatic heterocycles. The van der Waals surface area contributed by atoms with Crippen molar-refractivity contribution in [2.24, 2.45) is 0 Å². The molecule has 1 fully saturated rings. The molecule has 1 aliphatic rings. The number of hydrogen-bond donors (Lipinski definition) is 1. The van der Waals surface area contributed by atoms with Gasteiger partial charge in [0, 0.05) is 11.6 Å². The molecule has 2 nitrogen and oxygen atoms in total. The summed E-state index contributed by atoms with van der Waals surface area (Å²) in [5, 5.41) is 3.55. The average molecular weight is 252 g/mol. The molecule has 0 aromatic carbocycles. The third-order valence-corrected chi connectivity index (χ3v) is 4.52. The Balaban J connectivity index is 2.35.